The van der Waals surface area contributed by atoms with E-state index in [1.165, 1.54) is 19.1 Å². The highest BCUT2D eigenvalue weighted by Gasteiger charge is 2.28. The number of halogens is 2. The minimum atomic E-state index is -2.77. The third-order valence-electron chi connectivity index (χ3n) is 4.71. The molecule has 0 radical (unpaired) electrons. The zero-order valence-electron chi connectivity index (χ0n) is 15.7. The summed E-state index contributed by atoms with van der Waals surface area (Å²) in [5.74, 6) is -2.36. The molecule has 1 heterocycles. The van der Waals surface area contributed by atoms with Crippen LogP contribution in [0.2, 0.25) is 0 Å². The summed E-state index contributed by atoms with van der Waals surface area (Å²) >= 11 is 0. The summed E-state index contributed by atoms with van der Waals surface area (Å²) in [5, 5.41) is 6.64. The van der Waals surface area contributed by atoms with Crippen LogP contribution in [0.3, 0.4) is 0 Å². The van der Waals surface area contributed by atoms with E-state index in [-0.39, 0.29) is 12.0 Å². The second kappa shape index (κ2) is 9.62. The maximum Gasteiger partial charge on any atom is 0.273 e. The Balaban J connectivity index is 2.01. The first kappa shape index (κ1) is 20.3. The van der Waals surface area contributed by atoms with Gasteiger partial charge in [-0.05, 0) is 50.6 Å². The van der Waals surface area contributed by atoms with Crippen molar-refractivity contribution in [1.82, 2.24) is 5.32 Å². The van der Waals surface area contributed by atoms with Crippen LogP contribution in [0.4, 0.5) is 14.5 Å². The average molecular weight is 361 g/mol. The topological polar surface area (TPSA) is 36.4 Å². The fourth-order valence-electron chi connectivity index (χ4n) is 3.07. The van der Waals surface area contributed by atoms with E-state index in [4.69, 9.17) is 0 Å². The molecule has 2 N–H and O–H groups in total. The fourth-order valence-corrected chi connectivity index (χ4v) is 3.07. The lowest BCUT2D eigenvalue weighted by Gasteiger charge is -2.25. The predicted molar refractivity (Wildman–Crippen MR) is 106 cm³/mol. The molecule has 0 spiro atoms. The van der Waals surface area contributed by atoms with Crippen LogP contribution in [0, 0.1) is 5.92 Å². The smallest absolute Gasteiger partial charge is 0.273 e. The summed E-state index contributed by atoms with van der Waals surface area (Å²) in [6.07, 6.45) is 5.63. The third-order valence-corrected chi connectivity index (χ3v) is 4.71. The van der Waals surface area contributed by atoms with Gasteiger partial charge < -0.3 is 10.6 Å². The molecule has 1 aliphatic heterocycles. The molecule has 0 bridgehead atoms. The van der Waals surface area contributed by atoms with Crippen LogP contribution in [0.15, 0.2) is 53.7 Å². The van der Waals surface area contributed by atoms with Crippen LogP contribution in [-0.4, -0.2) is 25.3 Å². The summed E-state index contributed by atoms with van der Waals surface area (Å²) in [6.45, 7) is 10.2. The predicted octanol–water partition coefficient (Wildman–Crippen LogP) is 5.13. The zero-order valence-corrected chi connectivity index (χ0v) is 15.7. The van der Waals surface area contributed by atoms with Gasteiger partial charge in [0.15, 0.2) is 0 Å². The molecule has 1 saturated heterocycles. The lowest BCUT2D eigenvalue weighted by molar-refractivity contribution is -0.00826. The van der Waals surface area contributed by atoms with Crippen molar-refractivity contribution in [3.05, 3.63) is 54.3 Å². The molecule has 142 valence electrons. The van der Waals surface area contributed by atoms with Crippen LogP contribution in [0.5, 0.6) is 0 Å². The van der Waals surface area contributed by atoms with Crippen molar-refractivity contribution in [1.29, 1.82) is 0 Å². The molecule has 1 aromatic rings. The van der Waals surface area contributed by atoms with Crippen molar-refractivity contribution < 1.29 is 8.78 Å². The Bertz CT molecular complexity index is 642. The largest absolute Gasteiger partial charge is 0.381 e. The minimum absolute atomic E-state index is 0.0504. The van der Waals surface area contributed by atoms with E-state index in [0.29, 0.717) is 12.5 Å². The van der Waals surface area contributed by atoms with Crippen molar-refractivity contribution in [3.63, 3.8) is 0 Å². The minimum Gasteiger partial charge on any atom is -0.381 e. The van der Waals surface area contributed by atoms with E-state index < -0.39 is 5.92 Å². The second-order valence-electron chi connectivity index (χ2n) is 6.61. The highest BCUT2D eigenvalue weighted by atomic mass is 19.3. The molecule has 2 rings (SSSR count). The second-order valence-corrected chi connectivity index (χ2v) is 6.61. The molecule has 1 aliphatic rings. The molecule has 3 nitrogen and oxygen atoms in total. The number of nitrogens with zero attached hydrogens (tertiary/aromatic N) is 1. The summed E-state index contributed by atoms with van der Waals surface area (Å²) in [7, 11) is 0. The van der Waals surface area contributed by atoms with E-state index in [1.54, 1.807) is 12.1 Å². The Kier molecular flexibility index (Phi) is 7.51. The number of hydrogen-bond donors (Lipinski definition) is 2. The molecular formula is C21H29F2N3. The first-order valence-electron chi connectivity index (χ1n) is 9.28. The van der Waals surface area contributed by atoms with Crippen LogP contribution in [0.25, 0.3) is 0 Å². The number of benzene rings is 1. The van der Waals surface area contributed by atoms with E-state index in [0.717, 1.165) is 42.9 Å². The van der Waals surface area contributed by atoms with Crippen molar-refractivity contribution >= 4 is 11.4 Å². The van der Waals surface area contributed by atoms with Gasteiger partial charge in [0, 0.05) is 42.0 Å². The van der Waals surface area contributed by atoms with Gasteiger partial charge in [-0.25, -0.2) is 8.78 Å². The van der Waals surface area contributed by atoms with Gasteiger partial charge in [0.25, 0.3) is 5.92 Å². The molecule has 26 heavy (non-hydrogen) atoms. The number of nitrogens with one attached hydrogen (secondary N) is 2. The van der Waals surface area contributed by atoms with E-state index in [2.05, 4.69) is 22.2 Å². The molecule has 0 unspecified atom stereocenters. The first-order valence-corrected chi connectivity index (χ1v) is 9.28. The van der Waals surface area contributed by atoms with Crippen LogP contribution in [0.1, 0.15) is 38.7 Å². The molecular weight excluding hydrogens is 332 g/mol. The Morgan fingerprint density at radius 2 is 1.96 bits per heavy atom. The lowest BCUT2D eigenvalue weighted by Crippen LogP contribution is -2.33. The van der Waals surface area contributed by atoms with Gasteiger partial charge in [0.1, 0.15) is 0 Å². The summed E-state index contributed by atoms with van der Waals surface area (Å²) in [6, 6.07) is 6.35. The Hall–Kier alpha value is -2.01. The first-order chi connectivity index (χ1) is 12.5. The van der Waals surface area contributed by atoms with E-state index >= 15 is 0 Å². The quantitative estimate of drug-likeness (QED) is 0.630. The number of rotatable bonds is 8. The van der Waals surface area contributed by atoms with E-state index in [9.17, 15) is 8.78 Å². The fraction of sp³-hybridized carbons (Fsp3) is 0.476. The molecule has 1 aromatic carbocycles. The van der Waals surface area contributed by atoms with Gasteiger partial charge in [-0.15, -0.1) is 0 Å². The molecule has 1 fully saturated rings. The van der Waals surface area contributed by atoms with Crippen molar-refractivity contribution in [2.24, 2.45) is 10.9 Å². The zero-order chi connectivity index (χ0) is 19.0. The van der Waals surface area contributed by atoms with Gasteiger partial charge in [-0.1, -0.05) is 31.7 Å². The lowest BCUT2D eigenvalue weighted by atomic mass is 9.89. The Labute approximate surface area is 155 Å². The Morgan fingerprint density at radius 1 is 1.31 bits per heavy atom. The monoisotopic (exact) mass is 361 g/mol. The number of anilines is 1. The molecule has 0 amide bonds. The summed E-state index contributed by atoms with van der Waals surface area (Å²) < 4.78 is 27.4. The van der Waals surface area contributed by atoms with Gasteiger partial charge in [0.05, 0.1) is 0 Å². The number of allylic oxidation sites excluding steroid dienone is 1. The standard InChI is InChI=1S/C21H29F2N3/c1-4-12-25-20(17-10-13-24-14-11-17)16(3)15-26-19-8-6-18(7-9-19)21(22,23)5-2/h4,6-9,12,17,24,26H,3,5,10-11,13-15H2,1-2H3/b12-4-,25-20?. The molecule has 0 aliphatic carbocycles. The number of piperidine rings is 1. The van der Waals surface area contributed by atoms with Gasteiger partial charge in [-0.3, -0.25) is 4.99 Å². The molecule has 0 aromatic heterocycles. The van der Waals surface area contributed by atoms with Crippen molar-refractivity contribution in [2.75, 3.05) is 25.0 Å². The van der Waals surface area contributed by atoms with Crippen LogP contribution in [-0.2, 0) is 5.92 Å². The van der Waals surface area contributed by atoms with Gasteiger partial charge >= 0.3 is 0 Å². The highest BCUT2D eigenvalue weighted by molar-refractivity contribution is 6.02. The summed E-state index contributed by atoms with van der Waals surface area (Å²) in [5.41, 5.74) is 2.83. The van der Waals surface area contributed by atoms with Crippen LogP contribution >= 0.6 is 0 Å². The highest BCUT2D eigenvalue weighted by Crippen LogP contribution is 2.31. The number of hydrogen-bond acceptors (Lipinski definition) is 3. The van der Waals surface area contributed by atoms with Crippen molar-refractivity contribution in [3.8, 4) is 0 Å². The summed E-state index contributed by atoms with van der Waals surface area (Å²) in [4.78, 5) is 4.61. The Morgan fingerprint density at radius 3 is 2.54 bits per heavy atom. The number of aliphatic imine (C=N–C) groups is 1. The van der Waals surface area contributed by atoms with Gasteiger partial charge in [-0.2, -0.15) is 0 Å². The molecule has 5 heteroatoms. The normalized spacial score (nSPS) is 16.8. The van der Waals surface area contributed by atoms with E-state index in [1.807, 2.05) is 19.2 Å². The van der Waals surface area contributed by atoms with Crippen LogP contribution < -0.4 is 10.6 Å². The SMILES string of the molecule is C=C(CNc1ccc(C(F)(F)CC)cc1)C(=N/C=C\C)C1CCNCC1. The maximum absolute atomic E-state index is 13.7. The third kappa shape index (κ3) is 5.49. The average Bonchev–Trinajstić information content (AvgIpc) is 2.68. The molecule has 0 saturated carbocycles. The van der Waals surface area contributed by atoms with Crippen molar-refractivity contribution in [2.45, 2.75) is 39.0 Å². The number of alkyl halides is 2. The maximum atomic E-state index is 13.7. The molecule has 0 atom stereocenters. The van der Waals surface area contributed by atoms with Gasteiger partial charge in [0.2, 0.25) is 0 Å².